The molecule has 2 aromatic carbocycles. The van der Waals surface area contributed by atoms with Crippen molar-refractivity contribution in [3.63, 3.8) is 0 Å². The molecule has 0 spiro atoms. The highest BCUT2D eigenvalue weighted by Crippen LogP contribution is 2.19. The maximum absolute atomic E-state index is 10.9. The van der Waals surface area contributed by atoms with Crippen molar-refractivity contribution in [2.45, 2.75) is 0 Å². The van der Waals surface area contributed by atoms with E-state index < -0.39 is 5.97 Å². The minimum absolute atomic E-state index is 0.269. The van der Waals surface area contributed by atoms with Crippen LogP contribution < -0.4 is 0 Å². The number of aromatic carboxylic acids is 1. The average Bonchev–Trinajstić information content (AvgIpc) is 3.01. The molecule has 5 heteroatoms. The van der Waals surface area contributed by atoms with Crippen LogP contribution in [-0.2, 0) is 0 Å². The predicted molar refractivity (Wildman–Crippen MR) is 94.1 cm³/mol. The van der Waals surface area contributed by atoms with Crippen LogP contribution in [-0.4, -0.2) is 21.9 Å². The van der Waals surface area contributed by atoms with Gasteiger partial charge in [-0.25, -0.2) is 4.79 Å². The van der Waals surface area contributed by atoms with Crippen molar-refractivity contribution in [1.82, 2.24) is 4.57 Å². The minimum Gasteiger partial charge on any atom is -0.478 e. The number of carboxylic acids is 1. The summed E-state index contributed by atoms with van der Waals surface area (Å²) >= 11 is 3.42. The molecule has 23 heavy (non-hydrogen) atoms. The summed E-state index contributed by atoms with van der Waals surface area (Å²) in [6.07, 6.45) is 3.70. The molecule has 3 aromatic rings. The van der Waals surface area contributed by atoms with Crippen LogP contribution in [0.5, 0.6) is 0 Å². The molecule has 0 fully saturated rings. The van der Waals surface area contributed by atoms with Crippen molar-refractivity contribution < 1.29 is 9.90 Å². The van der Waals surface area contributed by atoms with Crippen LogP contribution in [0.15, 0.2) is 76.3 Å². The summed E-state index contributed by atoms with van der Waals surface area (Å²) in [6, 6.07) is 18.4. The number of aromatic nitrogens is 1. The Bertz CT molecular complexity index is 867. The lowest BCUT2D eigenvalue weighted by Crippen LogP contribution is -2.00. The number of aliphatic imine (C=N–C) groups is 1. The molecule has 0 aliphatic heterocycles. The summed E-state index contributed by atoms with van der Waals surface area (Å²) in [7, 11) is 0. The maximum Gasteiger partial charge on any atom is 0.335 e. The van der Waals surface area contributed by atoms with Gasteiger partial charge in [0.15, 0.2) is 0 Å². The van der Waals surface area contributed by atoms with Crippen LogP contribution >= 0.6 is 15.9 Å². The molecule has 0 amide bonds. The van der Waals surface area contributed by atoms with E-state index in [1.54, 1.807) is 30.5 Å². The molecule has 4 nitrogen and oxygen atoms in total. The number of hydrogen-bond donors (Lipinski definition) is 1. The molecule has 0 saturated heterocycles. The monoisotopic (exact) mass is 368 g/mol. The van der Waals surface area contributed by atoms with Gasteiger partial charge >= 0.3 is 5.97 Å². The fourth-order valence-electron chi connectivity index (χ4n) is 2.20. The Hall–Kier alpha value is -2.66. The Kier molecular flexibility index (Phi) is 4.39. The average molecular weight is 369 g/mol. The summed E-state index contributed by atoms with van der Waals surface area (Å²) in [5.41, 5.74) is 2.92. The van der Waals surface area contributed by atoms with Gasteiger partial charge in [-0.2, -0.15) is 0 Å². The largest absolute Gasteiger partial charge is 0.478 e. The van der Waals surface area contributed by atoms with Crippen molar-refractivity contribution in [2.24, 2.45) is 4.99 Å². The first-order chi connectivity index (χ1) is 11.1. The summed E-state index contributed by atoms with van der Waals surface area (Å²) < 4.78 is 2.93. The number of carbonyl (C=O) groups is 1. The third kappa shape index (κ3) is 3.57. The van der Waals surface area contributed by atoms with Crippen LogP contribution in [0.1, 0.15) is 16.1 Å². The minimum atomic E-state index is -0.930. The highest BCUT2D eigenvalue weighted by molar-refractivity contribution is 9.10. The molecule has 3 rings (SSSR count). The smallest absolute Gasteiger partial charge is 0.335 e. The maximum atomic E-state index is 10.9. The van der Waals surface area contributed by atoms with E-state index in [-0.39, 0.29) is 5.56 Å². The summed E-state index contributed by atoms with van der Waals surface area (Å²) in [5.74, 6) is -0.930. The van der Waals surface area contributed by atoms with E-state index in [4.69, 9.17) is 5.11 Å². The topological polar surface area (TPSA) is 54.6 Å². The number of nitrogens with zero attached hydrogens (tertiary/aromatic N) is 2. The van der Waals surface area contributed by atoms with Crippen LogP contribution in [0, 0.1) is 0 Å². The highest BCUT2D eigenvalue weighted by Gasteiger charge is 2.04. The molecule has 0 saturated carbocycles. The Morgan fingerprint density at radius 1 is 1.09 bits per heavy atom. The number of halogens is 1. The Labute approximate surface area is 141 Å². The number of rotatable bonds is 4. The van der Waals surface area contributed by atoms with Crippen molar-refractivity contribution in [1.29, 1.82) is 0 Å². The molecule has 0 radical (unpaired) electrons. The zero-order chi connectivity index (χ0) is 16.2. The van der Waals surface area contributed by atoms with Gasteiger partial charge in [-0.1, -0.05) is 22.0 Å². The normalized spacial score (nSPS) is 11.0. The molecule has 1 N–H and O–H groups in total. The van der Waals surface area contributed by atoms with E-state index >= 15 is 0 Å². The summed E-state index contributed by atoms with van der Waals surface area (Å²) in [5, 5.41) is 8.96. The number of hydrogen-bond acceptors (Lipinski definition) is 2. The van der Waals surface area contributed by atoms with Crippen LogP contribution in [0.2, 0.25) is 0 Å². The van der Waals surface area contributed by atoms with Crippen molar-refractivity contribution in [3.8, 4) is 5.69 Å². The predicted octanol–water partition coefficient (Wildman–Crippen LogP) is 4.69. The van der Waals surface area contributed by atoms with E-state index in [9.17, 15) is 4.79 Å². The summed E-state index contributed by atoms with van der Waals surface area (Å²) in [4.78, 5) is 15.4. The van der Waals surface area contributed by atoms with E-state index in [1.165, 1.54) is 0 Å². The molecule has 0 unspecified atom stereocenters. The fraction of sp³-hybridized carbons (Fsp3) is 0. The van der Waals surface area contributed by atoms with Crippen molar-refractivity contribution >= 4 is 33.8 Å². The molecule has 114 valence electrons. The number of carboxylic acid groups (broad SMARTS) is 1. The zero-order valence-corrected chi connectivity index (χ0v) is 13.6. The van der Waals surface area contributed by atoms with Crippen molar-refractivity contribution in [3.05, 3.63) is 82.6 Å². The first-order valence-electron chi connectivity index (χ1n) is 6.94. The second-order valence-corrected chi connectivity index (χ2v) is 5.81. The standard InChI is InChI=1S/C18H13BrN2O2/c19-14-3-1-4-15(11-14)20-12-17-5-2-10-21(17)16-8-6-13(7-9-16)18(22)23/h1-12H,(H,22,23). The second kappa shape index (κ2) is 6.62. The Morgan fingerprint density at radius 3 is 2.57 bits per heavy atom. The van der Waals surface area contributed by atoms with E-state index in [0.29, 0.717) is 0 Å². The zero-order valence-electron chi connectivity index (χ0n) is 12.1. The Morgan fingerprint density at radius 2 is 1.87 bits per heavy atom. The highest BCUT2D eigenvalue weighted by atomic mass is 79.9. The molecule has 1 aromatic heterocycles. The lowest BCUT2D eigenvalue weighted by atomic mass is 10.2. The van der Waals surface area contributed by atoms with Gasteiger partial charge in [0.1, 0.15) is 0 Å². The second-order valence-electron chi connectivity index (χ2n) is 4.89. The van der Waals surface area contributed by atoms with Crippen molar-refractivity contribution in [2.75, 3.05) is 0 Å². The third-order valence-corrected chi connectivity index (χ3v) is 3.82. The van der Waals surface area contributed by atoms with E-state index in [2.05, 4.69) is 20.9 Å². The SMILES string of the molecule is O=C(O)c1ccc(-n2cccc2C=Nc2cccc(Br)c2)cc1. The third-order valence-electron chi connectivity index (χ3n) is 3.33. The molecule has 0 aliphatic carbocycles. The Balaban J connectivity index is 1.89. The van der Waals surface area contributed by atoms with Gasteiger partial charge in [0, 0.05) is 16.4 Å². The first kappa shape index (κ1) is 15.2. The molecule has 0 bridgehead atoms. The quantitative estimate of drug-likeness (QED) is 0.679. The molecular weight excluding hydrogens is 356 g/mol. The van der Waals surface area contributed by atoms with Gasteiger partial charge in [-0.05, 0) is 54.6 Å². The van der Waals surface area contributed by atoms with Gasteiger partial charge in [0.05, 0.1) is 23.2 Å². The lowest BCUT2D eigenvalue weighted by molar-refractivity contribution is 0.0697. The lowest BCUT2D eigenvalue weighted by Gasteiger charge is -2.06. The van der Waals surface area contributed by atoms with E-state index in [0.717, 1.165) is 21.5 Å². The molecule has 0 aliphatic rings. The van der Waals surface area contributed by atoms with Gasteiger partial charge in [-0.15, -0.1) is 0 Å². The molecular formula is C18H13BrN2O2. The van der Waals surface area contributed by atoms with Crippen LogP contribution in [0.25, 0.3) is 5.69 Å². The molecule has 1 heterocycles. The van der Waals surface area contributed by atoms with Gasteiger partial charge in [0.25, 0.3) is 0 Å². The molecule has 0 atom stereocenters. The number of benzene rings is 2. The van der Waals surface area contributed by atoms with Gasteiger partial charge < -0.3 is 9.67 Å². The van der Waals surface area contributed by atoms with Gasteiger partial charge in [-0.3, -0.25) is 4.99 Å². The first-order valence-corrected chi connectivity index (χ1v) is 7.73. The fourth-order valence-corrected chi connectivity index (χ4v) is 2.58. The van der Waals surface area contributed by atoms with Gasteiger partial charge in [0.2, 0.25) is 0 Å². The summed E-state index contributed by atoms with van der Waals surface area (Å²) in [6.45, 7) is 0. The van der Waals surface area contributed by atoms with Crippen LogP contribution in [0.3, 0.4) is 0 Å². The van der Waals surface area contributed by atoms with E-state index in [1.807, 2.05) is 47.2 Å². The van der Waals surface area contributed by atoms with Crippen LogP contribution in [0.4, 0.5) is 5.69 Å².